The van der Waals surface area contributed by atoms with Crippen molar-refractivity contribution in [2.75, 3.05) is 25.0 Å². The van der Waals surface area contributed by atoms with Gasteiger partial charge >= 0.3 is 0 Å². The van der Waals surface area contributed by atoms with Crippen molar-refractivity contribution in [3.63, 3.8) is 0 Å². The number of aromatic nitrogens is 2. The number of nitrogens with one attached hydrogen (secondary N) is 1. The molecule has 0 aliphatic carbocycles. The largest absolute Gasteiger partial charge is 0.366 e. The van der Waals surface area contributed by atoms with Crippen LogP contribution < -0.4 is 5.32 Å². The van der Waals surface area contributed by atoms with Gasteiger partial charge in [0.1, 0.15) is 11.6 Å². The van der Waals surface area contributed by atoms with Crippen LogP contribution in [0.25, 0.3) is 0 Å². The van der Waals surface area contributed by atoms with Crippen LogP contribution in [-0.4, -0.2) is 34.7 Å². The molecule has 120 valence electrons. The third-order valence-electron chi connectivity index (χ3n) is 4.48. The molecule has 0 saturated carbocycles. The predicted molar refractivity (Wildman–Crippen MR) is 92.6 cm³/mol. The highest BCUT2D eigenvalue weighted by Crippen LogP contribution is 2.29. The molecule has 2 aromatic rings. The zero-order valence-corrected chi connectivity index (χ0v) is 14.4. The molecule has 0 radical (unpaired) electrons. The molecule has 23 heavy (non-hydrogen) atoms. The van der Waals surface area contributed by atoms with E-state index in [0.29, 0.717) is 17.4 Å². The van der Waals surface area contributed by atoms with Crippen LogP contribution in [0.4, 0.5) is 5.82 Å². The molecule has 5 nitrogen and oxygen atoms in total. The number of hydrogen-bond donors (Lipinski definition) is 1. The first-order valence-electron chi connectivity index (χ1n) is 7.96. The van der Waals surface area contributed by atoms with Gasteiger partial charge < -0.3 is 5.32 Å². The zero-order chi connectivity index (χ0) is 16.2. The fourth-order valence-electron chi connectivity index (χ4n) is 3.01. The Morgan fingerprint density at radius 1 is 1.35 bits per heavy atom. The number of nitrogens with zero attached hydrogens (tertiary/aromatic N) is 4. The number of thiophene rings is 1. The van der Waals surface area contributed by atoms with Gasteiger partial charge in [0.05, 0.1) is 11.7 Å². The van der Waals surface area contributed by atoms with Crippen LogP contribution >= 0.6 is 11.3 Å². The van der Waals surface area contributed by atoms with Crippen LogP contribution in [0.1, 0.15) is 40.6 Å². The Hall–Kier alpha value is -1.97. The van der Waals surface area contributed by atoms with Gasteiger partial charge in [0, 0.05) is 11.4 Å². The van der Waals surface area contributed by atoms with Crippen LogP contribution in [0.5, 0.6) is 0 Å². The molecule has 1 saturated heterocycles. The summed E-state index contributed by atoms with van der Waals surface area (Å²) >= 11 is 1.79. The minimum atomic E-state index is 0.326. The maximum atomic E-state index is 9.42. The van der Waals surface area contributed by atoms with E-state index in [4.69, 9.17) is 0 Å². The normalized spacial score (nSPS) is 16.2. The van der Waals surface area contributed by atoms with E-state index in [1.807, 2.05) is 13.8 Å². The van der Waals surface area contributed by atoms with Crippen molar-refractivity contribution in [1.29, 1.82) is 5.26 Å². The van der Waals surface area contributed by atoms with Gasteiger partial charge in [0.25, 0.3) is 0 Å². The number of nitriles is 1. The average Bonchev–Trinajstić information content (AvgIpc) is 3.25. The molecule has 0 spiro atoms. The van der Waals surface area contributed by atoms with E-state index in [9.17, 15) is 5.26 Å². The van der Waals surface area contributed by atoms with Gasteiger partial charge in [0.2, 0.25) is 0 Å². The highest BCUT2D eigenvalue weighted by atomic mass is 32.1. The second kappa shape index (κ2) is 7.07. The lowest BCUT2D eigenvalue weighted by Crippen LogP contribution is -2.30. The maximum absolute atomic E-state index is 9.42. The Morgan fingerprint density at radius 3 is 2.78 bits per heavy atom. The summed E-state index contributed by atoms with van der Waals surface area (Å²) in [6.45, 7) is 6.81. The number of aryl methyl sites for hydroxylation is 1. The Bertz CT molecular complexity index is 699. The third-order valence-corrected chi connectivity index (χ3v) is 5.46. The summed E-state index contributed by atoms with van der Waals surface area (Å²) in [5.41, 5.74) is 2.31. The Morgan fingerprint density at radius 2 is 2.13 bits per heavy atom. The van der Waals surface area contributed by atoms with Crippen molar-refractivity contribution in [1.82, 2.24) is 15.1 Å². The highest BCUT2D eigenvalue weighted by molar-refractivity contribution is 7.10. The Balaban J connectivity index is 1.80. The fourth-order valence-corrected chi connectivity index (χ4v) is 3.87. The summed E-state index contributed by atoms with van der Waals surface area (Å²) < 4.78 is 0. The minimum absolute atomic E-state index is 0.326. The molecule has 0 aromatic carbocycles. The van der Waals surface area contributed by atoms with E-state index in [1.54, 1.807) is 11.3 Å². The summed E-state index contributed by atoms with van der Waals surface area (Å²) in [5.74, 6) is 0.594. The first-order valence-corrected chi connectivity index (χ1v) is 8.84. The zero-order valence-electron chi connectivity index (χ0n) is 13.5. The van der Waals surface area contributed by atoms with Crippen molar-refractivity contribution in [2.24, 2.45) is 0 Å². The quantitative estimate of drug-likeness (QED) is 0.913. The Labute approximate surface area is 141 Å². The van der Waals surface area contributed by atoms with Crippen LogP contribution in [0.3, 0.4) is 0 Å². The van der Waals surface area contributed by atoms with E-state index in [-0.39, 0.29) is 0 Å². The molecular weight excluding hydrogens is 306 g/mol. The van der Waals surface area contributed by atoms with Crippen LogP contribution in [-0.2, 0) is 0 Å². The summed E-state index contributed by atoms with van der Waals surface area (Å²) in [7, 11) is 0. The van der Waals surface area contributed by atoms with E-state index < -0.39 is 0 Å². The van der Waals surface area contributed by atoms with E-state index >= 15 is 0 Å². The van der Waals surface area contributed by atoms with E-state index in [0.717, 1.165) is 30.9 Å². The molecule has 0 bridgehead atoms. The molecule has 1 aliphatic heterocycles. The van der Waals surface area contributed by atoms with Crippen molar-refractivity contribution < 1.29 is 0 Å². The fraction of sp³-hybridized carbons (Fsp3) is 0.471. The SMILES string of the molecule is Cc1nnc(NC[C@@H](c2cccs2)N2CCCC2)c(C#N)c1C. The van der Waals surface area contributed by atoms with Crippen molar-refractivity contribution in [2.45, 2.75) is 32.7 Å². The highest BCUT2D eigenvalue weighted by Gasteiger charge is 2.24. The molecule has 6 heteroatoms. The molecule has 0 amide bonds. The van der Waals surface area contributed by atoms with Crippen molar-refractivity contribution >= 4 is 17.2 Å². The standard InChI is InChI=1S/C17H21N5S/c1-12-13(2)20-21-17(14(12)10-18)19-11-15(16-6-5-9-23-16)22-7-3-4-8-22/h5-6,9,15H,3-4,7-8,11H2,1-2H3,(H,19,21)/t15-/m0/s1. The second-order valence-electron chi connectivity index (χ2n) is 5.90. The van der Waals surface area contributed by atoms with Gasteiger partial charge in [-0.2, -0.15) is 10.4 Å². The van der Waals surface area contributed by atoms with Gasteiger partial charge in [-0.1, -0.05) is 6.07 Å². The molecule has 3 rings (SSSR count). The lowest BCUT2D eigenvalue weighted by atomic mass is 10.1. The predicted octanol–water partition coefficient (Wildman–Crippen LogP) is 3.28. The summed E-state index contributed by atoms with van der Waals surface area (Å²) in [6, 6.07) is 6.87. The first kappa shape index (κ1) is 15.9. The number of anilines is 1. The number of likely N-dealkylation sites (tertiary alicyclic amines) is 1. The second-order valence-corrected chi connectivity index (χ2v) is 6.88. The van der Waals surface area contributed by atoms with Gasteiger partial charge in [-0.05, 0) is 56.8 Å². The van der Waals surface area contributed by atoms with E-state index in [2.05, 4.69) is 44.0 Å². The van der Waals surface area contributed by atoms with Gasteiger partial charge in [-0.25, -0.2) is 0 Å². The average molecular weight is 327 g/mol. The monoisotopic (exact) mass is 327 g/mol. The molecule has 3 heterocycles. The minimum Gasteiger partial charge on any atom is -0.366 e. The topological polar surface area (TPSA) is 64.8 Å². The van der Waals surface area contributed by atoms with Gasteiger partial charge in [-0.15, -0.1) is 16.4 Å². The molecule has 2 aromatic heterocycles. The molecule has 1 aliphatic rings. The maximum Gasteiger partial charge on any atom is 0.167 e. The first-order chi connectivity index (χ1) is 11.2. The summed E-state index contributed by atoms with van der Waals surface area (Å²) in [6.07, 6.45) is 2.52. The van der Waals surface area contributed by atoms with Crippen LogP contribution in [0.2, 0.25) is 0 Å². The molecule has 1 N–H and O–H groups in total. The molecule has 0 unspecified atom stereocenters. The smallest absolute Gasteiger partial charge is 0.167 e. The van der Waals surface area contributed by atoms with Crippen LogP contribution in [0.15, 0.2) is 17.5 Å². The number of rotatable bonds is 5. The van der Waals surface area contributed by atoms with Crippen LogP contribution in [0, 0.1) is 25.2 Å². The molecule has 1 fully saturated rings. The summed E-state index contributed by atoms with van der Waals surface area (Å²) in [5, 5.41) is 23.2. The van der Waals surface area contributed by atoms with Gasteiger partial charge in [0.15, 0.2) is 5.82 Å². The van der Waals surface area contributed by atoms with E-state index in [1.165, 1.54) is 17.7 Å². The number of hydrogen-bond acceptors (Lipinski definition) is 6. The van der Waals surface area contributed by atoms with Crippen molar-refractivity contribution in [3.8, 4) is 6.07 Å². The Kier molecular flexibility index (Phi) is 4.89. The third kappa shape index (κ3) is 3.36. The van der Waals surface area contributed by atoms with Gasteiger partial charge in [-0.3, -0.25) is 4.90 Å². The molecular formula is C17H21N5S. The lowest BCUT2D eigenvalue weighted by molar-refractivity contribution is 0.259. The lowest BCUT2D eigenvalue weighted by Gasteiger charge is -2.27. The van der Waals surface area contributed by atoms with Crippen molar-refractivity contribution in [3.05, 3.63) is 39.2 Å². The summed E-state index contributed by atoms with van der Waals surface area (Å²) in [4.78, 5) is 3.87. The molecule has 1 atom stereocenters.